The average Bonchev–Trinajstić information content (AvgIpc) is 2.51. The van der Waals surface area contributed by atoms with Gasteiger partial charge in [0.1, 0.15) is 11.6 Å². The minimum Gasteiger partial charge on any atom is -0.424 e. The van der Waals surface area contributed by atoms with Gasteiger partial charge in [-0.15, -0.1) is 0 Å². The van der Waals surface area contributed by atoms with Gasteiger partial charge in [-0.3, -0.25) is 4.98 Å². The SMILES string of the molecule is Nc1cnc(-c2cc(Oc3ncccn3)ccc2Cl)cn1. The molecule has 0 spiro atoms. The quantitative estimate of drug-likeness (QED) is 0.800. The molecule has 2 heterocycles. The lowest BCUT2D eigenvalue weighted by Crippen LogP contribution is -1.94. The summed E-state index contributed by atoms with van der Waals surface area (Å²) in [5, 5.41) is 0.537. The molecule has 3 aromatic rings. The summed E-state index contributed by atoms with van der Waals surface area (Å²) in [6.07, 6.45) is 6.23. The van der Waals surface area contributed by atoms with Crippen molar-refractivity contribution in [1.82, 2.24) is 19.9 Å². The smallest absolute Gasteiger partial charge is 0.321 e. The van der Waals surface area contributed by atoms with E-state index in [9.17, 15) is 0 Å². The van der Waals surface area contributed by atoms with Gasteiger partial charge in [-0.25, -0.2) is 15.0 Å². The van der Waals surface area contributed by atoms with Crippen molar-refractivity contribution in [3.8, 4) is 23.0 Å². The third-order valence-corrected chi connectivity index (χ3v) is 2.97. The molecule has 3 rings (SSSR count). The molecule has 0 atom stereocenters. The van der Waals surface area contributed by atoms with Crippen molar-refractivity contribution in [2.24, 2.45) is 0 Å². The summed E-state index contributed by atoms with van der Waals surface area (Å²) in [4.78, 5) is 16.2. The lowest BCUT2D eigenvalue weighted by molar-refractivity contribution is 0.442. The van der Waals surface area contributed by atoms with Crippen LogP contribution >= 0.6 is 11.6 Å². The Morgan fingerprint density at radius 1 is 1.00 bits per heavy atom. The van der Waals surface area contributed by atoms with E-state index in [0.29, 0.717) is 27.8 Å². The Kier molecular flexibility index (Phi) is 3.61. The molecular formula is C14H10ClN5O. The van der Waals surface area contributed by atoms with Crippen LogP contribution in [0.5, 0.6) is 11.8 Å². The van der Waals surface area contributed by atoms with Gasteiger partial charge in [0.15, 0.2) is 0 Å². The van der Waals surface area contributed by atoms with Crippen LogP contribution in [0.4, 0.5) is 5.82 Å². The second-order valence-electron chi connectivity index (χ2n) is 4.10. The largest absolute Gasteiger partial charge is 0.424 e. The first-order valence-electron chi connectivity index (χ1n) is 6.05. The number of nitrogens with two attached hydrogens (primary N) is 1. The van der Waals surface area contributed by atoms with Crippen LogP contribution < -0.4 is 10.5 Å². The summed E-state index contributed by atoms with van der Waals surface area (Å²) < 4.78 is 5.57. The lowest BCUT2D eigenvalue weighted by Gasteiger charge is -2.07. The summed E-state index contributed by atoms with van der Waals surface area (Å²) in [5.74, 6) is 0.902. The van der Waals surface area contributed by atoms with Crippen LogP contribution in [0, 0.1) is 0 Å². The van der Waals surface area contributed by atoms with E-state index in [-0.39, 0.29) is 6.01 Å². The third kappa shape index (κ3) is 3.06. The molecule has 0 amide bonds. The van der Waals surface area contributed by atoms with E-state index in [1.807, 2.05) is 0 Å². The predicted octanol–water partition coefficient (Wildman–Crippen LogP) is 2.96. The Hall–Kier alpha value is -2.73. The second kappa shape index (κ2) is 5.72. The molecule has 2 aromatic heterocycles. The summed E-state index contributed by atoms with van der Waals surface area (Å²) in [6.45, 7) is 0. The van der Waals surface area contributed by atoms with Crippen molar-refractivity contribution in [1.29, 1.82) is 0 Å². The van der Waals surface area contributed by atoms with Gasteiger partial charge in [-0.1, -0.05) is 11.6 Å². The van der Waals surface area contributed by atoms with Gasteiger partial charge in [0.05, 0.1) is 23.1 Å². The van der Waals surface area contributed by atoms with Gasteiger partial charge in [0, 0.05) is 18.0 Å². The van der Waals surface area contributed by atoms with Crippen molar-refractivity contribution < 1.29 is 4.74 Å². The normalized spacial score (nSPS) is 10.3. The Morgan fingerprint density at radius 2 is 1.81 bits per heavy atom. The van der Waals surface area contributed by atoms with Crippen molar-refractivity contribution in [2.45, 2.75) is 0 Å². The molecule has 7 heteroatoms. The molecule has 6 nitrogen and oxygen atoms in total. The first-order chi connectivity index (χ1) is 10.2. The molecule has 0 aliphatic rings. The zero-order chi connectivity index (χ0) is 14.7. The van der Waals surface area contributed by atoms with Crippen molar-refractivity contribution in [3.63, 3.8) is 0 Å². The van der Waals surface area contributed by atoms with Gasteiger partial charge < -0.3 is 10.5 Å². The molecule has 0 saturated carbocycles. The van der Waals surface area contributed by atoms with Crippen molar-refractivity contribution >= 4 is 17.4 Å². The van der Waals surface area contributed by atoms with E-state index < -0.39 is 0 Å². The van der Waals surface area contributed by atoms with Crippen molar-refractivity contribution in [3.05, 3.63) is 54.1 Å². The van der Waals surface area contributed by atoms with Crippen LogP contribution in [0.15, 0.2) is 49.1 Å². The molecule has 0 radical (unpaired) electrons. The van der Waals surface area contributed by atoms with Crippen LogP contribution in [0.2, 0.25) is 5.02 Å². The number of hydrogen-bond acceptors (Lipinski definition) is 6. The fourth-order valence-electron chi connectivity index (χ4n) is 1.68. The molecule has 0 aliphatic heterocycles. The zero-order valence-electron chi connectivity index (χ0n) is 10.8. The second-order valence-corrected chi connectivity index (χ2v) is 4.51. The number of halogens is 1. The minimum absolute atomic E-state index is 0.258. The monoisotopic (exact) mass is 299 g/mol. The highest BCUT2D eigenvalue weighted by atomic mass is 35.5. The molecule has 0 fully saturated rings. The van der Waals surface area contributed by atoms with Gasteiger partial charge in [-0.2, -0.15) is 0 Å². The average molecular weight is 300 g/mol. The molecular weight excluding hydrogens is 290 g/mol. The van der Waals surface area contributed by atoms with E-state index in [2.05, 4.69) is 19.9 Å². The zero-order valence-corrected chi connectivity index (χ0v) is 11.5. The number of ether oxygens (including phenoxy) is 1. The van der Waals surface area contributed by atoms with Crippen LogP contribution in [0.3, 0.4) is 0 Å². The summed E-state index contributed by atoms with van der Waals surface area (Å²) in [5.41, 5.74) is 6.82. The van der Waals surface area contributed by atoms with Gasteiger partial charge in [0.2, 0.25) is 0 Å². The van der Waals surface area contributed by atoms with Crippen LogP contribution in [0.1, 0.15) is 0 Å². The van der Waals surface area contributed by atoms with E-state index in [1.165, 1.54) is 6.20 Å². The van der Waals surface area contributed by atoms with Crippen LogP contribution in [-0.4, -0.2) is 19.9 Å². The maximum absolute atomic E-state index is 6.19. The van der Waals surface area contributed by atoms with E-state index in [4.69, 9.17) is 22.1 Å². The minimum atomic E-state index is 0.258. The maximum atomic E-state index is 6.19. The third-order valence-electron chi connectivity index (χ3n) is 2.64. The van der Waals surface area contributed by atoms with E-state index >= 15 is 0 Å². The highest BCUT2D eigenvalue weighted by Gasteiger charge is 2.09. The molecule has 1 aromatic carbocycles. The Morgan fingerprint density at radius 3 is 2.52 bits per heavy atom. The number of rotatable bonds is 3. The number of nitrogens with zero attached hydrogens (tertiary/aromatic N) is 4. The Labute approximate surface area is 125 Å². The highest BCUT2D eigenvalue weighted by Crippen LogP contribution is 2.31. The van der Waals surface area contributed by atoms with Crippen LogP contribution in [-0.2, 0) is 0 Å². The lowest BCUT2D eigenvalue weighted by atomic mass is 10.1. The van der Waals surface area contributed by atoms with Gasteiger partial charge in [0.25, 0.3) is 0 Å². The van der Waals surface area contributed by atoms with E-state index in [1.54, 1.807) is 42.9 Å². The maximum Gasteiger partial charge on any atom is 0.321 e. The molecule has 21 heavy (non-hydrogen) atoms. The van der Waals surface area contributed by atoms with E-state index in [0.717, 1.165) is 0 Å². The summed E-state index contributed by atoms with van der Waals surface area (Å²) in [6, 6.07) is 7.16. The molecule has 0 bridgehead atoms. The summed E-state index contributed by atoms with van der Waals surface area (Å²) in [7, 11) is 0. The van der Waals surface area contributed by atoms with Crippen molar-refractivity contribution in [2.75, 3.05) is 5.73 Å². The molecule has 0 aliphatic carbocycles. The van der Waals surface area contributed by atoms with Crippen LogP contribution in [0.25, 0.3) is 11.3 Å². The Balaban J connectivity index is 1.94. The fourth-order valence-corrected chi connectivity index (χ4v) is 1.90. The molecule has 104 valence electrons. The topological polar surface area (TPSA) is 86.8 Å². The highest BCUT2D eigenvalue weighted by molar-refractivity contribution is 6.33. The van der Waals surface area contributed by atoms with Gasteiger partial charge >= 0.3 is 6.01 Å². The summed E-state index contributed by atoms with van der Waals surface area (Å²) >= 11 is 6.19. The first-order valence-corrected chi connectivity index (χ1v) is 6.42. The number of hydrogen-bond donors (Lipinski definition) is 1. The predicted molar refractivity (Wildman–Crippen MR) is 79.0 cm³/mol. The van der Waals surface area contributed by atoms with Gasteiger partial charge in [-0.05, 0) is 24.3 Å². The number of anilines is 1. The number of aromatic nitrogens is 4. The molecule has 0 unspecified atom stereocenters. The first kappa shape index (κ1) is 13.3. The Bertz CT molecular complexity index is 749. The number of nitrogen functional groups attached to an aromatic ring is 1. The standard InChI is InChI=1S/C14H10ClN5O/c15-11-3-2-9(21-14-17-4-1-5-18-14)6-10(11)12-7-20-13(16)8-19-12/h1-8H,(H2,16,20). The molecule has 2 N–H and O–H groups in total. The fraction of sp³-hybridized carbons (Fsp3) is 0. The molecule has 0 saturated heterocycles. The number of benzene rings is 1.